The Morgan fingerprint density at radius 2 is 0.940 bits per heavy atom. The van der Waals surface area contributed by atoms with Gasteiger partial charge in [-0.2, -0.15) is 4.73 Å². The van der Waals surface area contributed by atoms with Crippen molar-refractivity contribution in [2.24, 2.45) is 0 Å². The van der Waals surface area contributed by atoms with Crippen molar-refractivity contribution in [1.29, 1.82) is 0 Å². The van der Waals surface area contributed by atoms with Gasteiger partial charge >= 0.3 is 80.9 Å². The molecule has 0 unspecified atom stereocenters. The van der Waals surface area contributed by atoms with Crippen molar-refractivity contribution >= 4 is 109 Å². The number of hydrogen-bond donors (Lipinski definition) is 7. The zero-order valence-corrected chi connectivity index (χ0v) is 71.1. The molecule has 6 aliphatic rings. The minimum atomic E-state index is -1.71. The summed E-state index contributed by atoms with van der Waals surface area (Å²) in [6.45, 7) is 15.7. The molecule has 10 aromatic rings. The number of halogens is 1. The third-order valence-electron chi connectivity index (χ3n) is 18.4. The van der Waals surface area contributed by atoms with Gasteiger partial charge < -0.3 is 80.7 Å². The van der Waals surface area contributed by atoms with Crippen molar-refractivity contribution in [3.8, 4) is 11.4 Å². The molecule has 16 rings (SSSR count). The fourth-order valence-corrected chi connectivity index (χ4v) is 12.8. The maximum atomic E-state index is 12.9. The summed E-state index contributed by atoms with van der Waals surface area (Å²) < 4.78 is 0.813. The van der Waals surface area contributed by atoms with E-state index in [4.69, 9.17) is 21.7 Å². The van der Waals surface area contributed by atoms with Crippen LogP contribution in [0.3, 0.4) is 0 Å². The van der Waals surface area contributed by atoms with Crippen molar-refractivity contribution in [1.82, 2.24) is 80.1 Å². The molecule has 596 valence electrons. The van der Waals surface area contributed by atoms with E-state index >= 15 is 0 Å². The van der Waals surface area contributed by atoms with Crippen LogP contribution in [-0.2, 0) is 24.1 Å². The normalized spacial score (nSPS) is 15.8. The Hall–Kier alpha value is -10.8. The van der Waals surface area contributed by atoms with Gasteiger partial charge in [-0.1, -0.05) is 84.9 Å². The van der Waals surface area contributed by atoms with Crippen molar-refractivity contribution in [2.45, 2.75) is 51.9 Å². The van der Waals surface area contributed by atoms with Crippen LogP contribution in [0, 0.1) is 0 Å². The SMILES string of the molecule is C[C@@H]1CN(C(=O)c2ccccc2)CCN1.C[C@@H]1CN(C(=O)c2ccccc2)CCN1C(=O)C(=O)c1c[nH]c2ncccc12.C[C@@H]1CN(C(=O)c2ccccc2)CCN1C(=O)C(=O)c1cnc2n(O)cccc1-2.C[C@@H]1CNCCN1.O=C(Cl)c1ccccc1.O=C([O-])C(=O)c1c[nH]c2ncccc12.O=CO[O-].[K+].[Na+].c1cnc2[nH]ccc2c1. The Balaban J connectivity index is 0.000000197. The second-order valence-electron chi connectivity index (χ2n) is 26.5. The number of carboxylic acid groups (broad SMARTS) is 1. The number of fused-ring (bicyclic) bond motifs is 4. The average Bonchev–Trinajstić information content (AvgIpc) is 1.67. The summed E-state index contributed by atoms with van der Waals surface area (Å²) >= 11 is 5.16. The first-order chi connectivity index (χ1) is 55.6. The van der Waals surface area contributed by atoms with Crippen LogP contribution in [0.1, 0.15) is 100 Å². The molecule has 4 fully saturated rings. The van der Waals surface area contributed by atoms with Crippen molar-refractivity contribution in [3.05, 3.63) is 264 Å². The zero-order valence-electron chi connectivity index (χ0n) is 65.2. The smallest absolute Gasteiger partial charge is 0.662 e. The van der Waals surface area contributed by atoms with E-state index in [1.807, 2.05) is 116 Å². The van der Waals surface area contributed by atoms with Gasteiger partial charge in [0.1, 0.15) is 22.9 Å². The molecule has 34 heteroatoms. The van der Waals surface area contributed by atoms with E-state index in [1.165, 1.54) is 29.7 Å². The molecule has 12 heterocycles. The van der Waals surface area contributed by atoms with Gasteiger partial charge in [0, 0.05) is 196 Å². The number of aromatic nitrogens is 8. The summed E-state index contributed by atoms with van der Waals surface area (Å²) in [5, 5.41) is 40.3. The Bertz CT molecular complexity index is 5200. The molecule has 0 saturated carbocycles. The largest absolute Gasteiger partial charge is 1.00 e. The summed E-state index contributed by atoms with van der Waals surface area (Å²) in [7, 11) is 0. The van der Waals surface area contributed by atoms with E-state index in [0.717, 1.165) is 60.6 Å². The van der Waals surface area contributed by atoms with Crippen LogP contribution in [-0.4, -0.2) is 237 Å². The molecular formula is C83H85ClKN16NaO15. The molecule has 4 aromatic carbocycles. The Morgan fingerprint density at radius 1 is 0.496 bits per heavy atom. The number of benzene rings is 4. The van der Waals surface area contributed by atoms with E-state index in [2.05, 4.69) is 69.6 Å². The molecule has 4 atom stereocenters. The molecule has 0 bridgehead atoms. The number of H-pyrrole nitrogens is 3. The number of carboxylic acids is 1. The molecule has 7 N–H and O–H groups in total. The van der Waals surface area contributed by atoms with Crippen LogP contribution in [0.15, 0.2) is 225 Å². The number of Topliss-reactive ketones (excluding diaryl/α,β-unsaturated/α-hetero) is 3. The third-order valence-corrected chi connectivity index (χ3v) is 18.7. The number of amides is 5. The zero-order chi connectivity index (χ0) is 82.3. The monoisotopic (exact) mass is 1640 g/mol. The number of rotatable bonds is 11. The van der Waals surface area contributed by atoms with Gasteiger partial charge in [-0.05, 0) is 130 Å². The summed E-state index contributed by atoms with van der Waals surface area (Å²) in [4.78, 5) is 165. The van der Waals surface area contributed by atoms with Gasteiger partial charge in [-0.15, -0.1) is 0 Å². The molecule has 0 radical (unpaired) electrons. The first-order valence-corrected chi connectivity index (χ1v) is 37.0. The Labute approximate surface area is 742 Å². The molecule has 31 nitrogen and oxygen atoms in total. The second kappa shape index (κ2) is 47.4. The summed E-state index contributed by atoms with van der Waals surface area (Å²) in [5.74, 6) is -4.96. The van der Waals surface area contributed by atoms with E-state index in [1.54, 1.807) is 118 Å². The van der Waals surface area contributed by atoms with Crippen LogP contribution < -0.4 is 107 Å². The van der Waals surface area contributed by atoms with Crippen LogP contribution in [0.5, 0.6) is 0 Å². The molecule has 6 aromatic heterocycles. The van der Waals surface area contributed by atoms with Gasteiger partial charge in [0.2, 0.25) is 5.78 Å². The van der Waals surface area contributed by atoms with E-state index in [9.17, 15) is 58.3 Å². The molecule has 117 heavy (non-hydrogen) atoms. The number of carbonyl (C=O) groups excluding carboxylic acids is 11. The van der Waals surface area contributed by atoms with Gasteiger partial charge in [0.25, 0.3) is 52.8 Å². The number of pyridine rings is 4. The third kappa shape index (κ3) is 26.3. The van der Waals surface area contributed by atoms with Gasteiger partial charge in [-0.25, -0.2) is 19.9 Å². The molecule has 4 saturated heterocycles. The molecule has 5 amide bonds. The molecule has 0 aliphatic carbocycles. The Kier molecular flexibility index (Phi) is 37.8. The summed E-state index contributed by atoms with van der Waals surface area (Å²) in [6.07, 6.45) is 12.4. The first-order valence-electron chi connectivity index (χ1n) is 36.6. The van der Waals surface area contributed by atoms with Crippen LogP contribution >= 0.6 is 11.6 Å². The number of nitrogens with one attached hydrogen (secondary N) is 6. The quantitative estimate of drug-likeness (QED) is 0.0132. The number of nitrogens with zero attached hydrogens (tertiary/aromatic N) is 10. The van der Waals surface area contributed by atoms with Gasteiger partial charge in [0.15, 0.2) is 5.82 Å². The van der Waals surface area contributed by atoms with Crippen molar-refractivity contribution < 1.29 is 154 Å². The number of hydrogen-bond acceptors (Lipinski definition) is 22. The number of carbonyl (C=O) groups is 11. The molecule has 6 aliphatic heterocycles. The maximum Gasteiger partial charge on any atom is 1.00 e. The topological polar surface area (TPSA) is 420 Å². The summed E-state index contributed by atoms with van der Waals surface area (Å²) in [5.41, 5.74) is 5.53. The van der Waals surface area contributed by atoms with Crippen LogP contribution in [0.2, 0.25) is 0 Å². The molecular weight excluding hydrogens is 1560 g/mol. The minimum Gasteiger partial charge on any atom is -0.662 e. The second-order valence-corrected chi connectivity index (χ2v) is 26.8. The fraction of sp³-hybridized carbons (Fsp3) is 0.241. The van der Waals surface area contributed by atoms with Gasteiger partial charge in [0.05, 0.1) is 16.7 Å². The standard InChI is InChI=1S/C21H20N4O4.C21H20N4O3.C12H16N2O.C9H6N2O3.C7H5ClO.C7H6N2.C5H12N2.CH2O3.K.Na/c1-14-13-23(20(27)15-6-3-2-4-7-15)10-11-24(14)21(28)18(26)17-12-22-19-16(17)8-5-9-25(19)29;1-14-13-24(20(27)15-6-3-2-4-7-15)10-11-25(14)21(28)18(26)17-12-23-19-16(17)8-5-9-22-19;1-10-9-14(8-7-13-10)12(15)11-5-3-2-4-6-11;12-7(9(13)14)6-4-11-8-5(6)2-1-3-10-8;8-7(9)6-4-2-1-3-5-6;1-2-6-3-5-9-7(6)8-4-1;1-5-4-6-2-3-7-5;2-1-4-3;;/h2-9,12,14,29H,10-11,13H2,1H3;2-9,12,14H,10-11,13H2,1H3,(H,22,23);2-6,10,13H,7-9H2,1H3;1-4H,(H,10,11)(H,13,14);1-5H;1-5H,(H,8,9);5-7H,2-4H2,1H3;1,3H;;/q;;;;;;;;2*+1/p-2/t2*14-;10-;;;;5-;;;/m111...1.../s1. The first kappa shape index (κ1) is 93.3. The fourth-order valence-electron chi connectivity index (χ4n) is 12.6. The number of piperazine rings is 4. The summed E-state index contributed by atoms with van der Waals surface area (Å²) in [6, 6.07) is 52.7. The van der Waals surface area contributed by atoms with Crippen molar-refractivity contribution in [2.75, 3.05) is 78.5 Å². The van der Waals surface area contributed by atoms with Crippen molar-refractivity contribution in [3.63, 3.8) is 0 Å². The number of ketones is 3. The van der Waals surface area contributed by atoms with E-state index in [0.29, 0.717) is 94.7 Å². The Morgan fingerprint density at radius 3 is 1.35 bits per heavy atom. The van der Waals surface area contributed by atoms with Crippen LogP contribution in [0.4, 0.5) is 0 Å². The molecule has 0 spiro atoms. The van der Waals surface area contributed by atoms with E-state index < -0.39 is 40.4 Å². The maximum absolute atomic E-state index is 12.9. The predicted molar refractivity (Wildman–Crippen MR) is 423 cm³/mol. The number of aromatic amines is 3. The van der Waals surface area contributed by atoms with E-state index in [-0.39, 0.29) is 141 Å². The van der Waals surface area contributed by atoms with Crippen LogP contribution in [0.25, 0.3) is 44.5 Å². The van der Waals surface area contributed by atoms with Gasteiger partial charge in [-0.3, -0.25) is 47.9 Å². The average molecular weight is 1640 g/mol. The predicted octanol–water partition coefficient (Wildman–Crippen LogP) is 0.155. The minimum absolute atomic E-state index is 0. The number of aliphatic carboxylic acids is 1.